The summed E-state index contributed by atoms with van der Waals surface area (Å²) in [5, 5.41) is 0. The maximum atomic E-state index is 10.4. The Kier molecular flexibility index (Phi) is 4.05. The summed E-state index contributed by atoms with van der Waals surface area (Å²) in [7, 11) is 0. The van der Waals surface area contributed by atoms with Crippen LogP contribution < -0.4 is 0 Å². The molecule has 1 unspecified atom stereocenters. The van der Waals surface area contributed by atoms with Crippen molar-refractivity contribution >= 4 is 5.97 Å². The Morgan fingerprint density at radius 2 is 2.09 bits per heavy atom. The van der Waals surface area contributed by atoms with Crippen molar-refractivity contribution in [2.24, 2.45) is 0 Å². The van der Waals surface area contributed by atoms with Gasteiger partial charge in [0, 0.05) is 6.92 Å². The van der Waals surface area contributed by atoms with E-state index in [4.69, 9.17) is 11.2 Å². The number of esters is 1. The normalized spacial score (nSPS) is 11.1. The third-order valence-corrected chi connectivity index (χ3v) is 0.942. The van der Waals surface area contributed by atoms with Crippen LogP contribution in [0.4, 0.5) is 0 Å². The zero-order chi connectivity index (χ0) is 8.85. The highest BCUT2D eigenvalue weighted by Gasteiger charge is 2.02. The molecule has 1 atom stereocenters. The van der Waals surface area contributed by atoms with Crippen molar-refractivity contribution in [3.63, 3.8) is 0 Å². The van der Waals surface area contributed by atoms with Crippen LogP contribution in [0.25, 0.3) is 0 Å². The fourth-order valence-corrected chi connectivity index (χ4v) is 0.598. The van der Waals surface area contributed by atoms with Crippen LogP contribution in [0, 0.1) is 12.3 Å². The fraction of sp³-hybridized carbons (Fsp3) is 0.444. The number of carbonyl (C=O) groups is 1. The molecule has 0 aliphatic rings. The lowest BCUT2D eigenvalue weighted by molar-refractivity contribution is -0.142. The van der Waals surface area contributed by atoms with Crippen LogP contribution in [-0.4, -0.2) is 12.1 Å². The molecule has 0 amide bonds. The Morgan fingerprint density at radius 1 is 1.55 bits per heavy atom. The van der Waals surface area contributed by atoms with Crippen LogP contribution >= 0.6 is 0 Å². The van der Waals surface area contributed by atoms with E-state index in [1.54, 1.807) is 6.08 Å². The standard InChI is InChI=1S/C9H12O2/c1-5-9(6-7(2)3)11-8(4)10/h1,6,9H,2-4H3. The van der Waals surface area contributed by atoms with Gasteiger partial charge in [-0.15, -0.1) is 6.42 Å². The third kappa shape index (κ3) is 5.23. The molecule has 2 heteroatoms. The van der Waals surface area contributed by atoms with Crippen LogP contribution in [0.15, 0.2) is 11.6 Å². The largest absolute Gasteiger partial charge is 0.445 e. The number of ether oxygens (including phenoxy) is 1. The van der Waals surface area contributed by atoms with E-state index in [1.807, 2.05) is 13.8 Å². The van der Waals surface area contributed by atoms with Gasteiger partial charge in [-0.3, -0.25) is 4.79 Å². The Morgan fingerprint density at radius 3 is 2.36 bits per heavy atom. The first-order valence-corrected chi connectivity index (χ1v) is 3.34. The van der Waals surface area contributed by atoms with Gasteiger partial charge >= 0.3 is 5.97 Å². The molecule has 0 saturated carbocycles. The van der Waals surface area contributed by atoms with Crippen LogP contribution in [0.5, 0.6) is 0 Å². The zero-order valence-electron chi connectivity index (χ0n) is 7.05. The van der Waals surface area contributed by atoms with Crippen molar-refractivity contribution in [1.29, 1.82) is 0 Å². The van der Waals surface area contributed by atoms with Crippen molar-refractivity contribution in [2.75, 3.05) is 0 Å². The Bertz CT molecular complexity index is 204. The highest BCUT2D eigenvalue weighted by Crippen LogP contribution is 1.98. The summed E-state index contributed by atoms with van der Waals surface area (Å²) in [5.41, 5.74) is 1.04. The van der Waals surface area contributed by atoms with Crippen molar-refractivity contribution < 1.29 is 9.53 Å². The first kappa shape index (κ1) is 9.77. The van der Waals surface area contributed by atoms with Crippen molar-refractivity contribution in [3.8, 4) is 12.3 Å². The minimum absolute atomic E-state index is 0.356. The van der Waals surface area contributed by atoms with Gasteiger partial charge in [-0.05, 0) is 19.9 Å². The zero-order valence-corrected chi connectivity index (χ0v) is 7.05. The van der Waals surface area contributed by atoms with Crippen LogP contribution in [0.3, 0.4) is 0 Å². The summed E-state index contributed by atoms with van der Waals surface area (Å²) < 4.78 is 4.76. The summed E-state index contributed by atoms with van der Waals surface area (Å²) in [6.07, 6.45) is 6.30. The summed E-state index contributed by atoms with van der Waals surface area (Å²) in [6, 6.07) is 0. The molecule has 0 aliphatic carbocycles. The molecule has 11 heavy (non-hydrogen) atoms. The average molecular weight is 152 g/mol. The number of hydrogen-bond donors (Lipinski definition) is 0. The first-order valence-electron chi connectivity index (χ1n) is 3.34. The van der Waals surface area contributed by atoms with Gasteiger partial charge in [-0.1, -0.05) is 11.5 Å². The third-order valence-electron chi connectivity index (χ3n) is 0.942. The number of rotatable bonds is 2. The average Bonchev–Trinajstić information content (AvgIpc) is 1.84. The van der Waals surface area contributed by atoms with E-state index < -0.39 is 6.10 Å². The highest BCUT2D eigenvalue weighted by molar-refractivity contribution is 5.66. The molecule has 60 valence electrons. The molecule has 0 radical (unpaired) electrons. The van der Waals surface area contributed by atoms with Gasteiger partial charge in [0.05, 0.1) is 0 Å². The van der Waals surface area contributed by atoms with E-state index in [1.165, 1.54) is 6.92 Å². The van der Waals surface area contributed by atoms with Gasteiger partial charge in [0.15, 0.2) is 6.10 Å². The molecule has 0 rings (SSSR count). The molecule has 0 fully saturated rings. The van der Waals surface area contributed by atoms with Crippen molar-refractivity contribution in [2.45, 2.75) is 26.9 Å². The van der Waals surface area contributed by atoms with Gasteiger partial charge in [-0.25, -0.2) is 0 Å². The second-order valence-corrected chi connectivity index (χ2v) is 2.44. The van der Waals surface area contributed by atoms with Gasteiger partial charge in [-0.2, -0.15) is 0 Å². The van der Waals surface area contributed by atoms with E-state index in [2.05, 4.69) is 5.92 Å². The molecule has 0 N–H and O–H groups in total. The maximum absolute atomic E-state index is 10.4. The molecular formula is C9H12O2. The maximum Gasteiger partial charge on any atom is 0.304 e. The minimum Gasteiger partial charge on any atom is -0.445 e. The molecule has 0 saturated heterocycles. The lowest BCUT2D eigenvalue weighted by Gasteiger charge is -2.05. The van der Waals surface area contributed by atoms with Gasteiger partial charge < -0.3 is 4.74 Å². The topological polar surface area (TPSA) is 26.3 Å². The lowest BCUT2D eigenvalue weighted by atomic mass is 10.2. The van der Waals surface area contributed by atoms with E-state index in [9.17, 15) is 4.79 Å². The predicted octanol–water partition coefficient (Wildman–Crippen LogP) is 1.52. The number of hydrogen-bond acceptors (Lipinski definition) is 2. The summed E-state index contributed by atoms with van der Waals surface area (Å²) in [6.45, 7) is 5.13. The predicted molar refractivity (Wildman–Crippen MR) is 43.8 cm³/mol. The number of allylic oxidation sites excluding steroid dienone is 1. The Balaban J connectivity index is 4.11. The molecule has 0 aromatic heterocycles. The molecule has 0 spiro atoms. The summed E-state index contributed by atoms with van der Waals surface area (Å²) >= 11 is 0. The minimum atomic E-state index is -0.516. The molecular weight excluding hydrogens is 140 g/mol. The van der Waals surface area contributed by atoms with Crippen molar-refractivity contribution in [1.82, 2.24) is 0 Å². The molecule has 0 bridgehead atoms. The monoisotopic (exact) mass is 152 g/mol. The molecule has 2 nitrogen and oxygen atoms in total. The van der Waals surface area contributed by atoms with E-state index >= 15 is 0 Å². The smallest absolute Gasteiger partial charge is 0.304 e. The fourth-order valence-electron chi connectivity index (χ4n) is 0.598. The van der Waals surface area contributed by atoms with Gasteiger partial charge in [0.1, 0.15) is 0 Å². The molecule has 0 aromatic carbocycles. The molecule has 0 aromatic rings. The molecule has 0 aliphatic heterocycles. The second-order valence-electron chi connectivity index (χ2n) is 2.44. The summed E-state index contributed by atoms with van der Waals surface area (Å²) in [5.74, 6) is 1.99. The van der Waals surface area contributed by atoms with E-state index in [-0.39, 0.29) is 5.97 Å². The SMILES string of the molecule is C#CC(C=C(C)C)OC(C)=O. The van der Waals surface area contributed by atoms with Crippen LogP contribution in [0.1, 0.15) is 20.8 Å². The quantitative estimate of drug-likeness (QED) is 0.340. The van der Waals surface area contributed by atoms with Crippen LogP contribution in [0.2, 0.25) is 0 Å². The first-order chi connectivity index (χ1) is 5.06. The lowest BCUT2D eigenvalue weighted by Crippen LogP contribution is -2.11. The summed E-state index contributed by atoms with van der Waals surface area (Å²) in [4.78, 5) is 10.4. The number of terminal acetylenes is 1. The second kappa shape index (κ2) is 4.56. The highest BCUT2D eigenvalue weighted by atomic mass is 16.5. The van der Waals surface area contributed by atoms with E-state index in [0.717, 1.165) is 5.57 Å². The van der Waals surface area contributed by atoms with Gasteiger partial charge in [0.25, 0.3) is 0 Å². The molecule has 0 heterocycles. The van der Waals surface area contributed by atoms with E-state index in [0.29, 0.717) is 0 Å². The van der Waals surface area contributed by atoms with Crippen molar-refractivity contribution in [3.05, 3.63) is 11.6 Å². The Hall–Kier alpha value is -1.23. The van der Waals surface area contributed by atoms with Crippen LogP contribution in [-0.2, 0) is 9.53 Å². The number of carbonyl (C=O) groups excluding carboxylic acids is 1. The Labute approximate surface area is 67.2 Å². The van der Waals surface area contributed by atoms with Gasteiger partial charge in [0.2, 0.25) is 0 Å².